The van der Waals surface area contributed by atoms with E-state index in [0.717, 1.165) is 0 Å². The van der Waals surface area contributed by atoms with Gasteiger partial charge in [0.25, 0.3) is 5.56 Å². The first-order valence-corrected chi connectivity index (χ1v) is 7.12. The van der Waals surface area contributed by atoms with E-state index in [0.29, 0.717) is 16.7 Å². The highest BCUT2D eigenvalue weighted by atomic mass is 32.2. The van der Waals surface area contributed by atoms with Crippen LogP contribution >= 0.6 is 11.8 Å². The van der Waals surface area contributed by atoms with E-state index in [9.17, 15) is 15.0 Å². The van der Waals surface area contributed by atoms with E-state index in [-0.39, 0.29) is 10.9 Å². The van der Waals surface area contributed by atoms with Gasteiger partial charge in [0.1, 0.15) is 17.7 Å². The molecule has 8 heteroatoms. The highest BCUT2D eigenvalue weighted by Crippen LogP contribution is 2.31. The Hall–Kier alpha value is -1.35. The largest absolute Gasteiger partial charge is 0.388 e. The van der Waals surface area contributed by atoms with Crippen molar-refractivity contribution < 1.29 is 10.2 Å². The van der Waals surface area contributed by atoms with Crippen molar-refractivity contribution in [3.8, 4) is 0 Å². The SMILES string of the molecule is CSC1NC(c2cc3nc[nH]c(=O)c3[nH]2)C(O)C1O. The molecule has 4 atom stereocenters. The lowest BCUT2D eigenvalue weighted by Gasteiger charge is -2.13. The van der Waals surface area contributed by atoms with Crippen LogP contribution in [-0.2, 0) is 0 Å². The number of hydrogen-bond acceptors (Lipinski definition) is 6. The van der Waals surface area contributed by atoms with Crippen molar-refractivity contribution in [2.75, 3.05) is 6.26 Å². The summed E-state index contributed by atoms with van der Waals surface area (Å²) < 4.78 is 0. The fourth-order valence-corrected chi connectivity index (χ4v) is 3.09. The van der Waals surface area contributed by atoms with Crippen molar-refractivity contribution in [2.45, 2.75) is 23.6 Å². The highest BCUT2D eigenvalue weighted by Gasteiger charge is 2.42. The van der Waals surface area contributed by atoms with Crippen molar-refractivity contribution in [3.05, 3.63) is 28.4 Å². The van der Waals surface area contributed by atoms with Crippen LogP contribution in [0.3, 0.4) is 0 Å². The van der Waals surface area contributed by atoms with Crippen LogP contribution in [0, 0.1) is 0 Å². The number of nitrogens with one attached hydrogen (secondary N) is 3. The summed E-state index contributed by atoms with van der Waals surface area (Å²) in [6, 6.07) is 1.27. The molecule has 3 rings (SSSR count). The number of H-pyrrole nitrogens is 2. The van der Waals surface area contributed by atoms with Gasteiger partial charge in [-0.25, -0.2) is 4.98 Å². The van der Waals surface area contributed by atoms with E-state index >= 15 is 0 Å². The predicted octanol–water partition coefficient (Wildman–Crippen LogP) is -0.694. The molecule has 4 unspecified atom stereocenters. The minimum atomic E-state index is -0.926. The van der Waals surface area contributed by atoms with Gasteiger partial charge in [0, 0.05) is 5.69 Å². The maximum Gasteiger partial charge on any atom is 0.275 e. The summed E-state index contributed by atoms with van der Waals surface area (Å²) in [4.78, 5) is 21.1. The zero-order valence-electron chi connectivity index (χ0n) is 10.1. The Labute approximate surface area is 112 Å². The van der Waals surface area contributed by atoms with Gasteiger partial charge in [-0.15, -0.1) is 11.8 Å². The molecule has 0 aromatic carbocycles. The maximum atomic E-state index is 11.6. The molecule has 1 saturated heterocycles. The molecule has 0 radical (unpaired) electrons. The number of thioether (sulfide) groups is 1. The fourth-order valence-electron chi connectivity index (χ4n) is 2.37. The molecule has 2 aromatic heterocycles. The molecule has 0 saturated carbocycles. The average Bonchev–Trinajstić information content (AvgIpc) is 2.94. The number of rotatable bonds is 2. The number of nitrogens with zero attached hydrogens (tertiary/aromatic N) is 1. The van der Waals surface area contributed by atoms with Gasteiger partial charge in [-0.1, -0.05) is 0 Å². The van der Waals surface area contributed by atoms with Crippen molar-refractivity contribution in [1.82, 2.24) is 20.3 Å². The van der Waals surface area contributed by atoms with Crippen LogP contribution in [0.15, 0.2) is 17.2 Å². The van der Waals surface area contributed by atoms with Crippen LogP contribution in [0.2, 0.25) is 0 Å². The smallest absolute Gasteiger partial charge is 0.275 e. The Morgan fingerprint density at radius 3 is 2.79 bits per heavy atom. The molecule has 7 nitrogen and oxygen atoms in total. The maximum absolute atomic E-state index is 11.6. The van der Waals surface area contributed by atoms with Crippen LogP contribution in [0.1, 0.15) is 11.7 Å². The summed E-state index contributed by atoms with van der Waals surface area (Å²) in [7, 11) is 0. The number of aromatic nitrogens is 3. The van der Waals surface area contributed by atoms with Crippen molar-refractivity contribution >= 4 is 22.8 Å². The Bertz CT molecular complexity index is 655. The first kappa shape index (κ1) is 12.7. The minimum absolute atomic E-state index is 0.238. The first-order chi connectivity index (χ1) is 9.11. The van der Waals surface area contributed by atoms with Gasteiger partial charge in [0.05, 0.1) is 23.3 Å². The molecule has 0 bridgehead atoms. The van der Waals surface area contributed by atoms with Crippen LogP contribution in [0.5, 0.6) is 0 Å². The van der Waals surface area contributed by atoms with E-state index in [1.165, 1.54) is 18.1 Å². The number of aromatic amines is 2. The molecule has 102 valence electrons. The van der Waals surface area contributed by atoms with Gasteiger partial charge in [0.15, 0.2) is 0 Å². The van der Waals surface area contributed by atoms with E-state index in [4.69, 9.17) is 0 Å². The lowest BCUT2D eigenvalue weighted by atomic mass is 10.1. The summed E-state index contributed by atoms with van der Waals surface area (Å²) in [6.07, 6.45) is 1.41. The lowest BCUT2D eigenvalue weighted by molar-refractivity contribution is 0.0367. The average molecular weight is 282 g/mol. The molecule has 1 fully saturated rings. The Balaban J connectivity index is 2.01. The Kier molecular flexibility index (Phi) is 3.09. The fraction of sp³-hybridized carbons (Fsp3) is 0.455. The molecule has 19 heavy (non-hydrogen) atoms. The quantitative estimate of drug-likeness (QED) is 0.498. The third-order valence-electron chi connectivity index (χ3n) is 3.38. The van der Waals surface area contributed by atoms with Crippen LogP contribution in [0.25, 0.3) is 11.0 Å². The molecular weight excluding hydrogens is 268 g/mol. The standard InChI is InChI=1S/C11H14N4O3S/c1-19-11-9(17)8(16)6(15-11)5-2-4-7(14-5)10(18)13-3-12-4/h2-3,6,8-9,11,14-17H,1H3,(H,12,13,18). The van der Waals surface area contributed by atoms with Gasteiger partial charge in [-0.2, -0.15) is 0 Å². The molecule has 1 aliphatic rings. The summed E-state index contributed by atoms with van der Waals surface area (Å²) in [5, 5.41) is 22.8. The third kappa shape index (κ3) is 1.96. The zero-order valence-corrected chi connectivity index (χ0v) is 10.9. The first-order valence-electron chi connectivity index (χ1n) is 5.83. The normalized spacial score (nSPS) is 31.1. The Morgan fingerprint density at radius 2 is 2.16 bits per heavy atom. The monoisotopic (exact) mass is 282 g/mol. The third-order valence-corrected chi connectivity index (χ3v) is 4.30. The predicted molar refractivity (Wildman–Crippen MR) is 71.9 cm³/mol. The second-order valence-corrected chi connectivity index (χ2v) is 5.48. The number of hydrogen-bond donors (Lipinski definition) is 5. The summed E-state index contributed by atoms with van der Waals surface area (Å²) in [5.41, 5.74) is 1.29. The molecule has 1 aliphatic heterocycles. The molecule has 3 heterocycles. The van der Waals surface area contributed by atoms with E-state index in [1.807, 2.05) is 6.26 Å². The second-order valence-electron chi connectivity index (χ2n) is 4.50. The zero-order chi connectivity index (χ0) is 13.6. The van der Waals surface area contributed by atoms with Crippen molar-refractivity contribution in [2.24, 2.45) is 0 Å². The molecule has 5 N–H and O–H groups in total. The molecule has 2 aromatic rings. The van der Waals surface area contributed by atoms with Gasteiger partial charge in [-0.05, 0) is 12.3 Å². The summed E-state index contributed by atoms with van der Waals surface area (Å²) in [5.74, 6) is 0. The highest BCUT2D eigenvalue weighted by molar-refractivity contribution is 7.99. The Morgan fingerprint density at radius 1 is 1.37 bits per heavy atom. The van der Waals surface area contributed by atoms with Crippen LogP contribution in [-0.4, -0.2) is 49.0 Å². The topological polar surface area (TPSA) is 114 Å². The minimum Gasteiger partial charge on any atom is -0.388 e. The summed E-state index contributed by atoms with van der Waals surface area (Å²) in [6.45, 7) is 0. The van der Waals surface area contributed by atoms with Gasteiger partial charge < -0.3 is 20.2 Å². The number of aliphatic hydroxyl groups excluding tert-OH is 2. The van der Waals surface area contributed by atoms with Crippen LogP contribution in [0.4, 0.5) is 0 Å². The van der Waals surface area contributed by atoms with Gasteiger partial charge >= 0.3 is 0 Å². The second kappa shape index (κ2) is 4.64. The lowest BCUT2D eigenvalue weighted by Crippen LogP contribution is -2.29. The van der Waals surface area contributed by atoms with Crippen molar-refractivity contribution in [3.63, 3.8) is 0 Å². The summed E-state index contributed by atoms with van der Waals surface area (Å²) >= 11 is 1.43. The van der Waals surface area contributed by atoms with Gasteiger partial charge in [-0.3, -0.25) is 10.1 Å². The molecular formula is C11H14N4O3S. The van der Waals surface area contributed by atoms with E-state index in [2.05, 4.69) is 20.3 Å². The van der Waals surface area contributed by atoms with Gasteiger partial charge in [0.2, 0.25) is 0 Å². The van der Waals surface area contributed by atoms with E-state index in [1.54, 1.807) is 6.07 Å². The van der Waals surface area contributed by atoms with Crippen molar-refractivity contribution in [1.29, 1.82) is 0 Å². The molecule has 0 spiro atoms. The number of aliphatic hydroxyl groups is 2. The number of fused-ring (bicyclic) bond motifs is 1. The van der Waals surface area contributed by atoms with Crippen LogP contribution < -0.4 is 10.9 Å². The molecule has 0 aliphatic carbocycles. The van der Waals surface area contributed by atoms with E-state index < -0.39 is 18.2 Å². The molecule has 0 amide bonds.